The first-order chi connectivity index (χ1) is 8.40. The molecule has 0 aliphatic carbocycles. The number of rotatable bonds is 6. The summed E-state index contributed by atoms with van der Waals surface area (Å²) in [6.07, 6.45) is 0.788. The first-order valence-electron chi connectivity index (χ1n) is 6.08. The van der Waals surface area contributed by atoms with Gasteiger partial charge in [0.05, 0.1) is 4.90 Å². The van der Waals surface area contributed by atoms with E-state index in [-0.39, 0.29) is 12.0 Å². The molecule has 0 aliphatic rings. The van der Waals surface area contributed by atoms with Crippen LogP contribution in [0.5, 0.6) is 0 Å². The van der Waals surface area contributed by atoms with E-state index in [0.717, 1.165) is 17.3 Å². The zero-order chi connectivity index (χ0) is 13.8. The van der Waals surface area contributed by atoms with Gasteiger partial charge in [-0.2, -0.15) is 0 Å². The molecular formula is C13H20BrNO2S. The van der Waals surface area contributed by atoms with E-state index in [1.165, 1.54) is 0 Å². The molecule has 1 N–H and O–H groups in total. The number of hydrogen-bond donors (Lipinski definition) is 1. The Labute approximate surface area is 118 Å². The van der Waals surface area contributed by atoms with Gasteiger partial charge in [0.1, 0.15) is 0 Å². The quantitative estimate of drug-likeness (QED) is 0.812. The Kier molecular flexibility index (Phi) is 5.82. The Bertz CT molecular complexity index is 468. The predicted octanol–water partition coefficient (Wildman–Crippen LogP) is 3.29. The van der Waals surface area contributed by atoms with Crippen molar-refractivity contribution in [1.29, 1.82) is 0 Å². The average Bonchev–Trinajstić information content (AvgIpc) is 2.35. The fourth-order valence-electron chi connectivity index (χ4n) is 1.72. The van der Waals surface area contributed by atoms with Gasteiger partial charge in [-0.1, -0.05) is 48.8 Å². The fourth-order valence-corrected chi connectivity index (χ4v) is 3.56. The summed E-state index contributed by atoms with van der Waals surface area (Å²) in [4.78, 5) is 0.325. The first kappa shape index (κ1) is 15.7. The number of sulfonamides is 1. The lowest BCUT2D eigenvalue weighted by atomic mass is 10.0. The number of benzene rings is 1. The molecular weight excluding hydrogens is 314 g/mol. The van der Waals surface area contributed by atoms with Crippen LogP contribution in [0, 0.1) is 5.92 Å². The van der Waals surface area contributed by atoms with E-state index in [2.05, 4.69) is 20.7 Å². The summed E-state index contributed by atoms with van der Waals surface area (Å²) in [6.45, 7) is 6.02. The molecule has 102 valence electrons. The third kappa shape index (κ3) is 4.07. The molecule has 0 amide bonds. The van der Waals surface area contributed by atoms with Crippen molar-refractivity contribution in [1.82, 2.24) is 4.72 Å². The van der Waals surface area contributed by atoms with Gasteiger partial charge in [-0.05, 0) is 30.0 Å². The Morgan fingerprint density at radius 1 is 1.22 bits per heavy atom. The van der Waals surface area contributed by atoms with Gasteiger partial charge in [-0.25, -0.2) is 13.1 Å². The van der Waals surface area contributed by atoms with E-state index in [9.17, 15) is 8.42 Å². The number of halogens is 1. The monoisotopic (exact) mass is 333 g/mol. The Morgan fingerprint density at radius 3 is 2.17 bits per heavy atom. The van der Waals surface area contributed by atoms with Gasteiger partial charge in [0, 0.05) is 11.4 Å². The highest BCUT2D eigenvalue weighted by molar-refractivity contribution is 9.08. The van der Waals surface area contributed by atoms with Crippen LogP contribution in [-0.2, 0) is 15.4 Å². The smallest absolute Gasteiger partial charge is 0.208 e. The molecule has 1 aromatic carbocycles. The molecule has 0 aromatic heterocycles. The largest absolute Gasteiger partial charge is 0.240 e. The molecule has 5 heteroatoms. The van der Waals surface area contributed by atoms with Crippen molar-refractivity contribution in [2.45, 2.75) is 43.5 Å². The van der Waals surface area contributed by atoms with E-state index >= 15 is 0 Å². The number of alkyl halides is 1. The normalized spacial score (nSPS) is 13.8. The van der Waals surface area contributed by atoms with E-state index in [4.69, 9.17) is 0 Å². The fraction of sp³-hybridized carbons (Fsp3) is 0.538. The van der Waals surface area contributed by atoms with Gasteiger partial charge < -0.3 is 0 Å². The highest BCUT2D eigenvalue weighted by Gasteiger charge is 2.20. The number of nitrogens with one attached hydrogen (secondary N) is 1. The second-order valence-electron chi connectivity index (χ2n) is 4.66. The molecule has 0 aliphatic heterocycles. The van der Waals surface area contributed by atoms with Crippen molar-refractivity contribution in [2.75, 3.05) is 0 Å². The summed E-state index contributed by atoms with van der Waals surface area (Å²) in [5.74, 6) is 0.284. The van der Waals surface area contributed by atoms with Crippen LogP contribution in [0.1, 0.15) is 32.8 Å². The van der Waals surface area contributed by atoms with E-state index in [1.54, 1.807) is 12.1 Å². The summed E-state index contributed by atoms with van der Waals surface area (Å²) in [6, 6.07) is 6.91. The minimum Gasteiger partial charge on any atom is -0.208 e. The highest BCUT2D eigenvalue weighted by atomic mass is 79.9. The molecule has 0 saturated carbocycles. The van der Waals surface area contributed by atoms with Gasteiger partial charge in [0.25, 0.3) is 0 Å². The lowest BCUT2D eigenvalue weighted by Crippen LogP contribution is -2.37. The zero-order valence-electron chi connectivity index (χ0n) is 11.0. The van der Waals surface area contributed by atoms with Crippen LogP contribution in [0.4, 0.5) is 0 Å². The molecule has 1 atom stereocenters. The topological polar surface area (TPSA) is 46.2 Å². The van der Waals surface area contributed by atoms with E-state index in [1.807, 2.05) is 32.9 Å². The molecule has 0 fully saturated rings. The third-order valence-electron chi connectivity index (χ3n) is 2.94. The highest BCUT2D eigenvalue weighted by Crippen LogP contribution is 2.15. The third-order valence-corrected chi connectivity index (χ3v) is 5.09. The summed E-state index contributed by atoms with van der Waals surface area (Å²) in [7, 11) is -3.41. The Morgan fingerprint density at radius 2 is 1.78 bits per heavy atom. The molecule has 3 nitrogen and oxygen atoms in total. The molecule has 0 heterocycles. The van der Waals surface area contributed by atoms with E-state index in [0.29, 0.717) is 4.90 Å². The molecule has 18 heavy (non-hydrogen) atoms. The van der Waals surface area contributed by atoms with Crippen molar-refractivity contribution in [3.8, 4) is 0 Å². The minimum atomic E-state index is -3.41. The SMILES string of the molecule is CCC(NS(=O)(=O)c1ccc(CBr)cc1)C(C)C. The zero-order valence-corrected chi connectivity index (χ0v) is 13.4. The van der Waals surface area contributed by atoms with Crippen LogP contribution in [0.3, 0.4) is 0 Å². The second kappa shape index (κ2) is 6.68. The lowest BCUT2D eigenvalue weighted by molar-refractivity contribution is 0.437. The van der Waals surface area contributed by atoms with Crippen molar-refractivity contribution in [3.63, 3.8) is 0 Å². The lowest BCUT2D eigenvalue weighted by Gasteiger charge is -2.20. The van der Waals surface area contributed by atoms with E-state index < -0.39 is 10.0 Å². The van der Waals surface area contributed by atoms with Gasteiger partial charge in [0.2, 0.25) is 10.0 Å². The first-order valence-corrected chi connectivity index (χ1v) is 8.68. The van der Waals surface area contributed by atoms with Crippen LogP contribution in [-0.4, -0.2) is 14.5 Å². The summed E-state index contributed by atoms with van der Waals surface area (Å²) < 4.78 is 27.1. The van der Waals surface area contributed by atoms with Gasteiger partial charge in [-0.15, -0.1) is 0 Å². The van der Waals surface area contributed by atoms with Crippen LogP contribution in [0.15, 0.2) is 29.2 Å². The summed E-state index contributed by atoms with van der Waals surface area (Å²) in [5, 5.41) is 0.727. The molecule has 1 unspecified atom stereocenters. The van der Waals surface area contributed by atoms with Gasteiger partial charge in [0.15, 0.2) is 0 Å². The summed E-state index contributed by atoms with van der Waals surface area (Å²) >= 11 is 3.34. The predicted molar refractivity (Wildman–Crippen MR) is 78.3 cm³/mol. The van der Waals surface area contributed by atoms with Crippen molar-refractivity contribution in [2.24, 2.45) is 5.92 Å². The van der Waals surface area contributed by atoms with Gasteiger partial charge >= 0.3 is 0 Å². The Balaban J connectivity index is 2.91. The van der Waals surface area contributed by atoms with Gasteiger partial charge in [-0.3, -0.25) is 0 Å². The molecule has 0 bridgehead atoms. The maximum Gasteiger partial charge on any atom is 0.240 e. The minimum absolute atomic E-state index is 0.0224. The van der Waals surface area contributed by atoms with Crippen molar-refractivity contribution < 1.29 is 8.42 Å². The molecule has 0 spiro atoms. The Hall–Kier alpha value is -0.390. The standard InChI is InChI=1S/C13H20BrNO2S/c1-4-13(10(2)3)15-18(16,17)12-7-5-11(9-14)6-8-12/h5-8,10,13,15H,4,9H2,1-3H3. The maximum absolute atomic E-state index is 12.2. The van der Waals surface area contributed by atoms with Crippen molar-refractivity contribution in [3.05, 3.63) is 29.8 Å². The average molecular weight is 334 g/mol. The maximum atomic E-state index is 12.2. The van der Waals surface area contributed by atoms with Crippen LogP contribution in [0.2, 0.25) is 0 Å². The van der Waals surface area contributed by atoms with Crippen LogP contribution < -0.4 is 4.72 Å². The summed E-state index contributed by atoms with van der Waals surface area (Å²) in [5.41, 5.74) is 1.06. The van der Waals surface area contributed by atoms with Crippen LogP contribution >= 0.6 is 15.9 Å². The second-order valence-corrected chi connectivity index (χ2v) is 6.93. The number of hydrogen-bond acceptors (Lipinski definition) is 2. The molecule has 0 radical (unpaired) electrons. The molecule has 0 saturated heterocycles. The van der Waals surface area contributed by atoms with Crippen LogP contribution in [0.25, 0.3) is 0 Å². The molecule has 1 rings (SSSR count). The van der Waals surface area contributed by atoms with Crippen molar-refractivity contribution >= 4 is 26.0 Å². The molecule has 1 aromatic rings.